The first-order valence-corrected chi connectivity index (χ1v) is 11.3. The average Bonchev–Trinajstić information content (AvgIpc) is 3.19. The molecule has 0 radical (unpaired) electrons. The number of hydrogen-bond donors (Lipinski definition) is 1. The van der Waals surface area contributed by atoms with Crippen molar-refractivity contribution in [1.29, 1.82) is 0 Å². The fourth-order valence-corrected chi connectivity index (χ4v) is 6.76. The van der Waals surface area contributed by atoms with Crippen LogP contribution in [0.5, 0.6) is 0 Å². The van der Waals surface area contributed by atoms with Crippen LogP contribution in [-0.2, 0) is 0 Å². The van der Waals surface area contributed by atoms with Crippen molar-refractivity contribution < 1.29 is 1.37 Å². The van der Waals surface area contributed by atoms with Crippen LogP contribution in [0.4, 0.5) is 5.69 Å². The zero-order valence-electron chi connectivity index (χ0n) is 16.3. The van der Waals surface area contributed by atoms with E-state index in [4.69, 9.17) is 1.37 Å². The molecular formula is C26H15NS2. The van der Waals surface area contributed by atoms with Crippen LogP contribution in [0.15, 0.2) is 89.8 Å². The lowest BCUT2D eigenvalue weighted by Gasteiger charge is -2.25. The highest BCUT2D eigenvalue weighted by Gasteiger charge is 2.26. The fourth-order valence-electron chi connectivity index (χ4n) is 4.63. The summed E-state index contributed by atoms with van der Waals surface area (Å²) >= 11 is 3.43. The molecule has 1 aliphatic rings. The third kappa shape index (κ3) is 2.06. The zero-order chi connectivity index (χ0) is 19.8. The largest absolute Gasteiger partial charge is 0.324 e. The van der Waals surface area contributed by atoms with Crippen molar-refractivity contribution in [3.63, 3.8) is 0 Å². The van der Waals surface area contributed by atoms with Crippen LogP contribution < -0.4 is 4.72 Å². The molecule has 29 heavy (non-hydrogen) atoms. The second-order valence-corrected chi connectivity index (χ2v) is 9.25. The monoisotopic (exact) mass is 406 g/mol. The van der Waals surface area contributed by atoms with Crippen LogP contribution in [0, 0.1) is 0 Å². The summed E-state index contributed by atoms with van der Waals surface area (Å²) in [6.07, 6.45) is 0. The number of fused-ring (bicyclic) bond motifs is 12. The molecule has 7 rings (SSSR count). The van der Waals surface area contributed by atoms with Gasteiger partial charge in [-0.1, -0.05) is 72.8 Å². The Balaban J connectivity index is 1.78. The molecule has 0 saturated heterocycles. The highest BCUT2D eigenvalue weighted by Crippen LogP contribution is 2.54. The molecular weight excluding hydrogens is 390 g/mol. The normalized spacial score (nSPS) is 13.4. The minimum Gasteiger partial charge on any atom is -0.324 e. The third-order valence-electron chi connectivity index (χ3n) is 5.86. The third-order valence-corrected chi connectivity index (χ3v) is 7.88. The van der Waals surface area contributed by atoms with Gasteiger partial charge in [0.25, 0.3) is 0 Å². The summed E-state index contributed by atoms with van der Waals surface area (Å²) in [6, 6.07) is 28.4. The van der Waals surface area contributed by atoms with E-state index in [1.807, 2.05) is 17.4 Å². The van der Waals surface area contributed by atoms with Crippen molar-refractivity contribution in [1.82, 2.24) is 0 Å². The molecule has 5 aromatic carbocycles. The molecule has 0 amide bonds. The number of thiophene rings is 1. The second kappa shape index (κ2) is 5.76. The Morgan fingerprint density at radius 2 is 1.41 bits per heavy atom. The SMILES string of the molecule is [2H]c1cc2ccccc2c2c1SNc1c-2c2ccccc2c2c1sc1ccccc12. The Morgan fingerprint density at radius 3 is 2.31 bits per heavy atom. The van der Waals surface area contributed by atoms with Gasteiger partial charge in [0.2, 0.25) is 0 Å². The molecule has 0 fully saturated rings. The summed E-state index contributed by atoms with van der Waals surface area (Å²) in [5.41, 5.74) is 3.59. The van der Waals surface area contributed by atoms with Gasteiger partial charge in [0, 0.05) is 31.5 Å². The maximum atomic E-state index is 8.67. The van der Waals surface area contributed by atoms with E-state index in [0.29, 0.717) is 6.04 Å². The van der Waals surface area contributed by atoms with E-state index in [1.54, 1.807) is 11.9 Å². The summed E-state index contributed by atoms with van der Waals surface area (Å²) in [5, 5.41) is 7.50. The van der Waals surface area contributed by atoms with Gasteiger partial charge < -0.3 is 4.72 Å². The number of nitrogens with one attached hydrogen (secondary N) is 1. The van der Waals surface area contributed by atoms with E-state index in [-0.39, 0.29) is 0 Å². The molecule has 0 saturated carbocycles. The van der Waals surface area contributed by atoms with E-state index in [1.165, 1.54) is 53.1 Å². The minimum atomic E-state index is 0.576. The first-order chi connectivity index (χ1) is 14.8. The van der Waals surface area contributed by atoms with E-state index in [0.717, 1.165) is 10.3 Å². The molecule has 1 nitrogen and oxygen atoms in total. The molecule has 1 N–H and O–H groups in total. The maximum Gasteiger partial charge on any atom is 0.0710 e. The summed E-state index contributed by atoms with van der Waals surface area (Å²) in [5.74, 6) is 0. The number of benzene rings is 5. The maximum absolute atomic E-state index is 8.67. The fraction of sp³-hybridized carbons (Fsp3) is 0. The Kier molecular flexibility index (Phi) is 2.96. The van der Waals surface area contributed by atoms with Gasteiger partial charge in [0.1, 0.15) is 0 Å². The predicted molar refractivity (Wildman–Crippen MR) is 129 cm³/mol. The van der Waals surface area contributed by atoms with Gasteiger partial charge in [-0.25, -0.2) is 0 Å². The zero-order valence-corrected chi connectivity index (χ0v) is 17.0. The molecule has 1 aliphatic heterocycles. The van der Waals surface area contributed by atoms with Crippen molar-refractivity contribution >= 4 is 70.7 Å². The smallest absolute Gasteiger partial charge is 0.0710 e. The highest BCUT2D eigenvalue weighted by molar-refractivity contribution is 8.00. The van der Waals surface area contributed by atoms with Crippen molar-refractivity contribution in [2.75, 3.05) is 4.72 Å². The predicted octanol–water partition coefficient (Wildman–Crippen LogP) is 8.46. The first-order valence-electron chi connectivity index (χ1n) is 10.1. The van der Waals surface area contributed by atoms with Crippen molar-refractivity contribution in [2.45, 2.75) is 4.90 Å². The van der Waals surface area contributed by atoms with Crippen LogP contribution in [0.1, 0.15) is 1.37 Å². The topological polar surface area (TPSA) is 12.0 Å². The quantitative estimate of drug-likeness (QED) is 0.254. The molecule has 0 aliphatic carbocycles. The molecule has 0 bridgehead atoms. The molecule has 0 spiro atoms. The van der Waals surface area contributed by atoms with Crippen LogP contribution in [0.2, 0.25) is 0 Å². The van der Waals surface area contributed by atoms with Gasteiger partial charge in [-0.3, -0.25) is 0 Å². The summed E-state index contributed by atoms with van der Waals surface area (Å²) in [6.45, 7) is 0. The van der Waals surface area contributed by atoms with Gasteiger partial charge in [-0.2, -0.15) is 0 Å². The molecule has 0 unspecified atom stereocenters. The Bertz CT molecular complexity index is 1670. The second-order valence-electron chi connectivity index (χ2n) is 7.38. The highest BCUT2D eigenvalue weighted by atomic mass is 32.2. The Hall–Kier alpha value is -3.01. The first kappa shape index (κ1) is 14.9. The number of anilines is 1. The van der Waals surface area contributed by atoms with Crippen LogP contribution in [0.3, 0.4) is 0 Å². The van der Waals surface area contributed by atoms with Crippen molar-refractivity contribution in [3.05, 3.63) is 84.9 Å². The molecule has 136 valence electrons. The van der Waals surface area contributed by atoms with Crippen LogP contribution in [0.25, 0.3) is 52.8 Å². The number of rotatable bonds is 0. The lowest BCUT2D eigenvalue weighted by atomic mass is 9.90. The average molecular weight is 407 g/mol. The number of hydrogen-bond acceptors (Lipinski definition) is 3. The molecule has 0 atom stereocenters. The summed E-state index contributed by atoms with van der Waals surface area (Å²) in [4.78, 5) is 1.01. The van der Waals surface area contributed by atoms with E-state index in [9.17, 15) is 0 Å². The summed E-state index contributed by atoms with van der Waals surface area (Å²) < 4.78 is 14.9. The van der Waals surface area contributed by atoms with E-state index >= 15 is 0 Å². The Labute approximate surface area is 177 Å². The standard InChI is InChI=1S/C26H15NS2/c1-2-8-16-15(7-1)13-14-21-23(16)24-18-10-4-3-9-17(18)22-19-11-5-6-12-20(19)28-26(22)25(24)27-29-21/h1-14,27H/i14D. The molecule has 2 heterocycles. The Morgan fingerprint density at radius 1 is 0.690 bits per heavy atom. The minimum absolute atomic E-state index is 0.576. The van der Waals surface area contributed by atoms with Gasteiger partial charge in [0.05, 0.1) is 11.8 Å². The van der Waals surface area contributed by atoms with Crippen molar-refractivity contribution in [3.8, 4) is 11.1 Å². The van der Waals surface area contributed by atoms with E-state index < -0.39 is 0 Å². The van der Waals surface area contributed by atoms with E-state index in [2.05, 4.69) is 77.5 Å². The van der Waals surface area contributed by atoms with Crippen LogP contribution >= 0.6 is 23.3 Å². The lowest BCUT2D eigenvalue weighted by molar-refractivity contribution is 1.48. The molecule has 3 heteroatoms. The van der Waals surface area contributed by atoms with Gasteiger partial charge in [-0.15, -0.1) is 11.3 Å². The van der Waals surface area contributed by atoms with Gasteiger partial charge in [-0.05, 0) is 45.6 Å². The van der Waals surface area contributed by atoms with Gasteiger partial charge in [0.15, 0.2) is 0 Å². The molecule has 6 aromatic rings. The molecule has 1 aromatic heterocycles. The van der Waals surface area contributed by atoms with Crippen LogP contribution in [-0.4, -0.2) is 0 Å². The summed E-state index contributed by atoms with van der Waals surface area (Å²) in [7, 11) is 0. The lowest BCUT2D eigenvalue weighted by Crippen LogP contribution is -2.01. The van der Waals surface area contributed by atoms with Gasteiger partial charge >= 0.3 is 0 Å². The van der Waals surface area contributed by atoms with Crippen molar-refractivity contribution in [2.24, 2.45) is 0 Å².